The molecule has 168 valence electrons. The van der Waals surface area contributed by atoms with Crippen LogP contribution in [0.2, 0.25) is 0 Å². The molecule has 3 rings (SSSR count). The summed E-state index contributed by atoms with van der Waals surface area (Å²) in [5.41, 5.74) is 1.97. The van der Waals surface area contributed by atoms with Crippen molar-refractivity contribution in [3.63, 3.8) is 0 Å². The minimum absolute atomic E-state index is 0. The van der Waals surface area contributed by atoms with Gasteiger partial charge in [0.2, 0.25) is 0 Å². The molecule has 0 aromatic heterocycles. The van der Waals surface area contributed by atoms with Gasteiger partial charge < -0.3 is 11.7 Å². The van der Waals surface area contributed by atoms with Crippen molar-refractivity contribution in [2.45, 2.75) is 78.1 Å². The Hall–Kier alpha value is -0.263. The molecule has 0 atom stereocenters. The van der Waals surface area contributed by atoms with E-state index >= 15 is 0 Å². The summed E-state index contributed by atoms with van der Waals surface area (Å²) in [5, 5.41) is 0. The number of Topliss-reactive ketones (excluding diaryl/α,β-unsaturated/α-hetero) is 1. The molecule has 1 aromatic carbocycles. The first-order chi connectivity index (χ1) is 13.1. The van der Waals surface area contributed by atoms with Gasteiger partial charge in [-0.1, -0.05) is 57.9 Å². The molecule has 0 spiro atoms. The zero-order valence-electron chi connectivity index (χ0n) is 17.4. The zero-order chi connectivity index (χ0) is 19.2. The summed E-state index contributed by atoms with van der Waals surface area (Å²) in [7, 11) is 0. The Morgan fingerprint density at radius 3 is 2.03 bits per heavy atom. The van der Waals surface area contributed by atoms with Crippen LogP contribution in [0.4, 0.5) is 0 Å². The molecule has 2 aliphatic carbocycles. The van der Waals surface area contributed by atoms with E-state index in [0.717, 1.165) is 31.6 Å². The van der Waals surface area contributed by atoms with E-state index in [0.29, 0.717) is 17.4 Å². The quantitative estimate of drug-likeness (QED) is 0.193. The van der Waals surface area contributed by atoms with Gasteiger partial charge in [-0.2, -0.15) is 5.92 Å². The Labute approximate surface area is 212 Å². The topological polar surface area (TPSA) is 43.4 Å². The second kappa shape index (κ2) is 14.7. The number of rotatable bonds is 6. The largest absolute Gasteiger partial charge is 0.457 e. The van der Waals surface area contributed by atoms with Crippen LogP contribution in [0.5, 0.6) is 0 Å². The Bertz CT molecular complexity index is 628. The van der Waals surface area contributed by atoms with Crippen molar-refractivity contribution in [3.05, 3.63) is 42.3 Å². The number of ketones is 1. The van der Waals surface area contributed by atoms with Crippen LogP contribution in [0.25, 0.3) is 0 Å². The van der Waals surface area contributed by atoms with Crippen LogP contribution in [0.15, 0.2) is 24.3 Å². The van der Waals surface area contributed by atoms with Gasteiger partial charge in [-0.3, -0.25) is 9.59 Å². The van der Waals surface area contributed by atoms with Crippen LogP contribution in [-0.2, 0) is 51.7 Å². The van der Waals surface area contributed by atoms with Crippen LogP contribution >= 0.6 is 0 Å². The molecule has 3 nitrogen and oxygen atoms in total. The van der Waals surface area contributed by atoms with E-state index in [9.17, 15) is 9.59 Å². The average Bonchev–Trinajstić information content (AvgIpc) is 2.72. The van der Waals surface area contributed by atoms with E-state index in [1.165, 1.54) is 37.7 Å². The summed E-state index contributed by atoms with van der Waals surface area (Å²) in [6.45, 7) is 6.18. The molecule has 0 radical (unpaired) electrons. The normalized spacial score (nSPS) is 25.7. The predicted octanol–water partition coefficient (Wildman–Crippen LogP) is 6.37. The van der Waals surface area contributed by atoms with Crippen LogP contribution in [0, 0.1) is 24.7 Å². The number of esters is 1. The number of carbonyl (C=O) groups excluding carboxylic acids is 2. The molecule has 1 aromatic rings. The van der Waals surface area contributed by atoms with Crippen molar-refractivity contribution in [2.24, 2.45) is 17.8 Å². The van der Waals surface area contributed by atoms with Crippen LogP contribution in [0.3, 0.4) is 0 Å². The monoisotopic (exact) mass is 753 g/mol. The molecule has 0 aliphatic heterocycles. The maximum atomic E-state index is 12.4. The van der Waals surface area contributed by atoms with E-state index < -0.39 is 0 Å². The van der Waals surface area contributed by atoms with E-state index in [1.54, 1.807) is 0 Å². The van der Waals surface area contributed by atoms with Gasteiger partial charge in [0.05, 0.1) is 5.92 Å². The second-order valence-electron chi connectivity index (χ2n) is 8.50. The smallest absolute Gasteiger partial charge is 0.309 e. The Morgan fingerprint density at radius 2 is 1.50 bits per heavy atom. The van der Waals surface area contributed by atoms with Crippen molar-refractivity contribution in [2.75, 3.05) is 6.61 Å². The molecule has 0 N–H and O–H groups in total. The maximum absolute atomic E-state index is 12.4. The Kier molecular flexibility index (Phi) is 14.6. The summed E-state index contributed by atoms with van der Waals surface area (Å²) in [6.07, 6.45) is 10.0. The third kappa shape index (κ3) is 8.35. The summed E-state index contributed by atoms with van der Waals surface area (Å²) >= 11 is 0. The number of ether oxygens (including phenoxy) is 1. The van der Waals surface area contributed by atoms with Gasteiger partial charge in [-0.25, -0.2) is 0 Å². The van der Waals surface area contributed by atoms with Crippen molar-refractivity contribution in [3.8, 4) is 0 Å². The molecule has 2 aliphatic rings. The molecular formula is C25H37O3W2-. The number of hydrogen-bond donors (Lipinski definition) is 0. The average molecular weight is 753 g/mol. The van der Waals surface area contributed by atoms with Gasteiger partial charge in [-0.05, 0) is 55.9 Å². The SMILES string of the molecule is C.[CH2-]C1CCC(C(=O)OCC(=O)c2ccc(C3CCC(CC)CC3)cc2)CC1.[W].[W]. The van der Waals surface area contributed by atoms with E-state index in [2.05, 4.69) is 26.0 Å². The Balaban J connectivity index is 0.00000280. The number of hydrogen-bond acceptors (Lipinski definition) is 3. The minimum Gasteiger partial charge on any atom is -0.457 e. The number of benzene rings is 1. The zero-order valence-corrected chi connectivity index (χ0v) is 23.3. The maximum Gasteiger partial charge on any atom is 0.309 e. The molecule has 0 bridgehead atoms. The third-order valence-corrected chi connectivity index (χ3v) is 6.65. The molecule has 0 heterocycles. The van der Waals surface area contributed by atoms with Crippen LogP contribution in [0.1, 0.15) is 94.0 Å². The summed E-state index contributed by atoms with van der Waals surface area (Å²) in [6, 6.07) is 7.96. The first-order valence-corrected chi connectivity index (χ1v) is 10.7. The molecule has 0 unspecified atom stereocenters. The molecule has 0 saturated heterocycles. The fourth-order valence-corrected chi connectivity index (χ4v) is 4.58. The molecule has 2 fully saturated rings. The van der Waals surface area contributed by atoms with Gasteiger partial charge in [0.15, 0.2) is 12.4 Å². The number of carbonyl (C=O) groups is 2. The summed E-state index contributed by atoms with van der Waals surface area (Å²) in [4.78, 5) is 24.5. The fraction of sp³-hybridized carbons (Fsp3) is 0.640. The molecular weight excluding hydrogens is 716 g/mol. The molecule has 5 heteroatoms. The summed E-state index contributed by atoms with van der Waals surface area (Å²) in [5.74, 6) is 1.57. The van der Waals surface area contributed by atoms with Crippen molar-refractivity contribution in [1.29, 1.82) is 0 Å². The molecule has 2 saturated carbocycles. The van der Waals surface area contributed by atoms with Crippen molar-refractivity contribution < 1.29 is 56.5 Å². The summed E-state index contributed by atoms with van der Waals surface area (Å²) < 4.78 is 5.29. The van der Waals surface area contributed by atoms with E-state index in [-0.39, 0.29) is 73.8 Å². The van der Waals surface area contributed by atoms with E-state index in [4.69, 9.17) is 4.74 Å². The first kappa shape index (κ1) is 29.7. The van der Waals surface area contributed by atoms with Crippen molar-refractivity contribution in [1.82, 2.24) is 0 Å². The van der Waals surface area contributed by atoms with Gasteiger partial charge in [0, 0.05) is 47.7 Å². The minimum atomic E-state index is -0.223. The van der Waals surface area contributed by atoms with E-state index in [1.807, 2.05) is 12.1 Å². The Morgan fingerprint density at radius 1 is 0.933 bits per heavy atom. The van der Waals surface area contributed by atoms with Crippen LogP contribution < -0.4 is 0 Å². The predicted molar refractivity (Wildman–Crippen MR) is 114 cm³/mol. The standard InChI is InChI=1S/C24H33O3.CH4.2W/c1-3-18-6-10-19(11-7-18)20-12-14-21(15-13-20)23(25)16-27-24(26)22-8-4-17(2)5-9-22;;;/h12-15,17-19,22H,2-11,16H2,1H3;1H4;;/q-1;;;. The second-order valence-corrected chi connectivity index (χ2v) is 8.50. The molecule has 0 amide bonds. The van der Waals surface area contributed by atoms with Crippen LogP contribution in [-0.4, -0.2) is 18.4 Å². The fourth-order valence-electron chi connectivity index (χ4n) is 4.58. The van der Waals surface area contributed by atoms with Gasteiger partial charge in [-0.15, -0.1) is 0 Å². The first-order valence-electron chi connectivity index (χ1n) is 10.7. The van der Waals surface area contributed by atoms with Gasteiger partial charge in [0.1, 0.15) is 0 Å². The van der Waals surface area contributed by atoms with Crippen molar-refractivity contribution >= 4 is 11.8 Å². The van der Waals surface area contributed by atoms with Gasteiger partial charge >= 0.3 is 5.97 Å². The van der Waals surface area contributed by atoms with Gasteiger partial charge in [0.25, 0.3) is 0 Å². The third-order valence-electron chi connectivity index (χ3n) is 6.65. The molecule has 30 heavy (non-hydrogen) atoms.